The van der Waals surface area contributed by atoms with Gasteiger partial charge in [-0.3, -0.25) is 0 Å². The Bertz CT molecular complexity index is 243. The van der Waals surface area contributed by atoms with Crippen molar-refractivity contribution in [2.24, 2.45) is 5.73 Å². The number of nitrogens with one attached hydrogen (secondary N) is 1. The molecule has 0 fully saturated rings. The van der Waals surface area contributed by atoms with E-state index in [1.807, 2.05) is 13.1 Å². The lowest BCUT2D eigenvalue weighted by atomic mass is 10.1. The van der Waals surface area contributed by atoms with Gasteiger partial charge < -0.3 is 11.1 Å². The molecule has 0 aliphatic carbocycles. The molecule has 0 saturated heterocycles. The smallest absolute Gasteiger partial charge is 0.0367 e. The second-order valence-electron chi connectivity index (χ2n) is 2.60. The number of hydrogen-bond donors (Lipinski definition) is 2. The molecule has 2 nitrogen and oxygen atoms in total. The molecule has 60 valence electrons. The first-order valence-electron chi connectivity index (χ1n) is 3.75. The van der Waals surface area contributed by atoms with Crippen LogP contribution in [0.25, 0.3) is 0 Å². The van der Waals surface area contributed by atoms with Crippen molar-refractivity contribution in [2.75, 3.05) is 12.4 Å². The maximum Gasteiger partial charge on any atom is 0.0367 e. The third-order valence-electron chi connectivity index (χ3n) is 1.80. The summed E-state index contributed by atoms with van der Waals surface area (Å²) in [6, 6.07) is 6.20. The first kappa shape index (κ1) is 8.08. The zero-order valence-electron chi connectivity index (χ0n) is 7.02. The van der Waals surface area contributed by atoms with E-state index in [4.69, 9.17) is 5.73 Å². The Morgan fingerprint density at radius 2 is 2.18 bits per heavy atom. The Labute approximate surface area is 67.4 Å². The van der Waals surface area contributed by atoms with E-state index in [2.05, 4.69) is 24.4 Å². The van der Waals surface area contributed by atoms with Gasteiger partial charge in [0.2, 0.25) is 0 Å². The van der Waals surface area contributed by atoms with Crippen LogP contribution in [-0.2, 0) is 6.54 Å². The minimum absolute atomic E-state index is 0.616. The van der Waals surface area contributed by atoms with Gasteiger partial charge in [0.05, 0.1) is 0 Å². The van der Waals surface area contributed by atoms with E-state index in [-0.39, 0.29) is 0 Å². The van der Waals surface area contributed by atoms with Crippen LogP contribution in [-0.4, -0.2) is 7.05 Å². The van der Waals surface area contributed by atoms with Crippen LogP contribution in [0.15, 0.2) is 18.2 Å². The van der Waals surface area contributed by atoms with Crippen molar-refractivity contribution in [3.05, 3.63) is 29.3 Å². The molecule has 0 aromatic heterocycles. The van der Waals surface area contributed by atoms with Crippen molar-refractivity contribution in [2.45, 2.75) is 13.5 Å². The summed E-state index contributed by atoms with van der Waals surface area (Å²) in [5.41, 5.74) is 9.09. The summed E-state index contributed by atoms with van der Waals surface area (Å²) in [6.45, 7) is 2.69. The number of anilines is 1. The lowest BCUT2D eigenvalue weighted by Crippen LogP contribution is -1.98. The Balaban J connectivity index is 2.99. The third kappa shape index (κ3) is 1.71. The summed E-state index contributed by atoms with van der Waals surface area (Å²) < 4.78 is 0. The number of benzene rings is 1. The van der Waals surface area contributed by atoms with Crippen LogP contribution in [0.5, 0.6) is 0 Å². The van der Waals surface area contributed by atoms with Crippen LogP contribution in [0.4, 0.5) is 5.69 Å². The summed E-state index contributed by atoms with van der Waals surface area (Å²) in [5, 5.41) is 3.11. The zero-order chi connectivity index (χ0) is 8.27. The molecular weight excluding hydrogens is 136 g/mol. The molecule has 0 bridgehead atoms. The molecule has 0 spiro atoms. The molecule has 0 aliphatic rings. The van der Waals surface area contributed by atoms with Gasteiger partial charge in [-0.25, -0.2) is 0 Å². The van der Waals surface area contributed by atoms with E-state index in [1.54, 1.807) is 0 Å². The van der Waals surface area contributed by atoms with Crippen molar-refractivity contribution in [1.82, 2.24) is 0 Å². The van der Waals surface area contributed by atoms with Gasteiger partial charge in [0, 0.05) is 19.3 Å². The molecule has 3 N–H and O–H groups in total. The lowest BCUT2D eigenvalue weighted by Gasteiger charge is -2.05. The van der Waals surface area contributed by atoms with Crippen molar-refractivity contribution >= 4 is 5.69 Å². The van der Waals surface area contributed by atoms with Crippen LogP contribution in [0.2, 0.25) is 0 Å². The van der Waals surface area contributed by atoms with E-state index >= 15 is 0 Å². The van der Waals surface area contributed by atoms with Crippen molar-refractivity contribution in [3.63, 3.8) is 0 Å². The second-order valence-corrected chi connectivity index (χ2v) is 2.60. The fraction of sp³-hybridized carbons (Fsp3) is 0.333. The van der Waals surface area contributed by atoms with Crippen LogP contribution in [0.3, 0.4) is 0 Å². The first-order valence-corrected chi connectivity index (χ1v) is 3.75. The summed E-state index contributed by atoms with van der Waals surface area (Å²) in [7, 11) is 1.92. The summed E-state index contributed by atoms with van der Waals surface area (Å²) in [4.78, 5) is 0. The van der Waals surface area contributed by atoms with Crippen molar-refractivity contribution in [1.29, 1.82) is 0 Å². The number of hydrogen-bond acceptors (Lipinski definition) is 2. The number of nitrogens with two attached hydrogens (primary N) is 1. The van der Waals surface area contributed by atoms with Gasteiger partial charge in [0.25, 0.3) is 0 Å². The lowest BCUT2D eigenvalue weighted by molar-refractivity contribution is 1.07. The highest BCUT2D eigenvalue weighted by molar-refractivity contribution is 5.51. The summed E-state index contributed by atoms with van der Waals surface area (Å²) in [6.07, 6.45) is 0. The second kappa shape index (κ2) is 3.39. The molecule has 0 radical (unpaired) electrons. The standard InChI is InChI=1S/C9H14N2/c1-7-5-8(6-10)3-4-9(7)11-2/h3-5,11H,6,10H2,1-2H3. The first-order chi connectivity index (χ1) is 5.27. The molecule has 0 saturated carbocycles. The molecule has 1 rings (SSSR count). The van der Waals surface area contributed by atoms with Gasteiger partial charge in [-0.05, 0) is 24.1 Å². The number of aryl methyl sites for hydroxylation is 1. The largest absolute Gasteiger partial charge is 0.388 e. The van der Waals surface area contributed by atoms with Gasteiger partial charge in [-0.15, -0.1) is 0 Å². The molecule has 2 heteroatoms. The molecule has 1 aromatic carbocycles. The van der Waals surface area contributed by atoms with Gasteiger partial charge in [0.15, 0.2) is 0 Å². The SMILES string of the molecule is CNc1ccc(CN)cc1C. The fourth-order valence-corrected chi connectivity index (χ4v) is 1.13. The Morgan fingerprint density at radius 1 is 1.45 bits per heavy atom. The van der Waals surface area contributed by atoms with Crippen molar-refractivity contribution < 1.29 is 0 Å². The molecule has 0 heterocycles. The fourth-order valence-electron chi connectivity index (χ4n) is 1.13. The highest BCUT2D eigenvalue weighted by Crippen LogP contribution is 2.14. The van der Waals surface area contributed by atoms with Gasteiger partial charge >= 0.3 is 0 Å². The summed E-state index contributed by atoms with van der Waals surface area (Å²) >= 11 is 0. The zero-order valence-corrected chi connectivity index (χ0v) is 7.02. The van der Waals surface area contributed by atoms with E-state index in [9.17, 15) is 0 Å². The Kier molecular flexibility index (Phi) is 2.49. The van der Waals surface area contributed by atoms with Crippen LogP contribution < -0.4 is 11.1 Å². The minimum atomic E-state index is 0.616. The molecule has 0 aliphatic heterocycles. The van der Waals surface area contributed by atoms with E-state index in [1.165, 1.54) is 16.8 Å². The minimum Gasteiger partial charge on any atom is -0.388 e. The molecule has 0 atom stereocenters. The van der Waals surface area contributed by atoms with Crippen LogP contribution in [0, 0.1) is 6.92 Å². The highest BCUT2D eigenvalue weighted by atomic mass is 14.8. The average Bonchev–Trinajstić information content (AvgIpc) is 2.04. The molecule has 11 heavy (non-hydrogen) atoms. The molecular formula is C9H14N2. The van der Waals surface area contributed by atoms with Gasteiger partial charge in [-0.1, -0.05) is 12.1 Å². The third-order valence-corrected chi connectivity index (χ3v) is 1.80. The van der Waals surface area contributed by atoms with E-state index in [0.29, 0.717) is 6.54 Å². The molecule has 1 aromatic rings. The topological polar surface area (TPSA) is 38.0 Å². The quantitative estimate of drug-likeness (QED) is 0.670. The monoisotopic (exact) mass is 150 g/mol. The van der Waals surface area contributed by atoms with Gasteiger partial charge in [0.1, 0.15) is 0 Å². The number of rotatable bonds is 2. The Morgan fingerprint density at radius 3 is 2.64 bits per heavy atom. The predicted octanol–water partition coefficient (Wildman–Crippen LogP) is 1.50. The van der Waals surface area contributed by atoms with Crippen molar-refractivity contribution in [3.8, 4) is 0 Å². The predicted molar refractivity (Wildman–Crippen MR) is 48.6 cm³/mol. The maximum absolute atomic E-state index is 5.49. The van der Waals surface area contributed by atoms with Gasteiger partial charge in [-0.2, -0.15) is 0 Å². The van der Waals surface area contributed by atoms with E-state index in [0.717, 1.165) is 0 Å². The highest BCUT2D eigenvalue weighted by Gasteiger charge is 1.95. The van der Waals surface area contributed by atoms with Crippen LogP contribution in [0.1, 0.15) is 11.1 Å². The maximum atomic E-state index is 5.49. The van der Waals surface area contributed by atoms with Crippen LogP contribution >= 0.6 is 0 Å². The molecule has 0 amide bonds. The molecule has 0 unspecified atom stereocenters. The summed E-state index contributed by atoms with van der Waals surface area (Å²) in [5.74, 6) is 0. The normalized spacial score (nSPS) is 9.73. The Hall–Kier alpha value is -1.02. The average molecular weight is 150 g/mol. The van der Waals surface area contributed by atoms with E-state index < -0.39 is 0 Å².